The molecule has 3 aromatic rings. The summed E-state index contributed by atoms with van der Waals surface area (Å²) in [5, 5.41) is 7.63. The fraction of sp³-hybridized carbons (Fsp3) is 0.360. The van der Waals surface area contributed by atoms with Crippen LogP contribution >= 0.6 is 0 Å². The zero-order valence-corrected chi connectivity index (χ0v) is 20.2. The summed E-state index contributed by atoms with van der Waals surface area (Å²) in [7, 11) is 0. The van der Waals surface area contributed by atoms with Crippen molar-refractivity contribution in [2.75, 3.05) is 18.1 Å². The topological polar surface area (TPSA) is 113 Å². The minimum atomic E-state index is -0.640. The van der Waals surface area contributed by atoms with Crippen molar-refractivity contribution in [1.82, 2.24) is 25.5 Å². The fourth-order valence-electron chi connectivity index (χ4n) is 4.55. The zero-order chi connectivity index (χ0) is 25.6. The van der Waals surface area contributed by atoms with E-state index in [0.29, 0.717) is 41.4 Å². The normalized spacial score (nSPS) is 24.7. The number of ether oxygens (including phenoxy) is 3. The Labute approximate surface area is 211 Å². The van der Waals surface area contributed by atoms with Crippen molar-refractivity contribution < 1.29 is 28.2 Å². The Morgan fingerprint density at radius 3 is 2.84 bits per heavy atom. The monoisotopic (exact) mass is 508 g/mol. The Hall–Kier alpha value is -3.87. The number of anilines is 1. The van der Waals surface area contributed by atoms with Gasteiger partial charge in [-0.3, -0.25) is 20.2 Å². The van der Waals surface area contributed by atoms with E-state index in [0.717, 1.165) is 0 Å². The average Bonchev–Trinajstić information content (AvgIpc) is 3.67. The zero-order valence-electron chi connectivity index (χ0n) is 20.2. The molecule has 2 fully saturated rings. The summed E-state index contributed by atoms with van der Waals surface area (Å²) in [5.74, 6) is -1.11. The van der Waals surface area contributed by atoms with Crippen LogP contribution in [-0.4, -0.2) is 63.3 Å². The first kappa shape index (κ1) is 23.5. The Bertz CT molecular complexity index is 1330. The van der Waals surface area contributed by atoms with Gasteiger partial charge in [0.15, 0.2) is 5.79 Å². The number of amides is 1. The molecular formula is C25H25FN6O5. The first-order chi connectivity index (χ1) is 17.8. The van der Waals surface area contributed by atoms with Crippen LogP contribution in [0.5, 0.6) is 0 Å². The van der Waals surface area contributed by atoms with E-state index in [2.05, 4.69) is 20.8 Å². The Kier molecular flexibility index (Phi) is 5.86. The summed E-state index contributed by atoms with van der Waals surface area (Å²) in [6, 6.07) is 8.22. The molecule has 0 unspecified atom stereocenters. The number of aromatic nitrogens is 4. The van der Waals surface area contributed by atoms with Crippen LogP contribution in [0.4, 0.5) is 14.9 Å². The van der Waals surface area contributed by atoms with Crippen molar-refractivity contribution in [3.63, 3.8) is 0 Å². The van der Waals surface area contributed by atoms with Crippen LogP contribution in [0.2, 0.25) is 0 Å². The molecule has 12 heteroatoms. The van der Waals surface area contributed by atoms with E-state index in [1.807, 2.05) is 19.9 Å². The third kappa shape index (κ3) is 4.78. The van der Waals surface area contributed by atoms with E-state index in [1.54, 1.807) is 47.5 Å². The van der Waals surface area contributed by atoms with Crippen molar-refractivity contribution in [2.24, 2.45) is 0 Å². The van der Waals surface area contributed by atoms with Crippen LogP contribution in [0.25, 0.3) is 16.8 Å². The summed E-state index contributed by atoms with van der Waals surface area (Å²) in [5.41, 5.74) is 5.64. The number of carbonyl (C=O) groups excluding carboxylic acids is 1. The number of hydrogen-bond acceptors (Lipinski definition) is 9. The lowest BCUT2D eigenvalue weighted by Crippen LogP contribution is -2.31. The molecular weight excluding hydrogens is 483 g/mol. The molecule has 0 aliphatic carbocycles. The SMILES string of the molecule is CC1(C)OC[C@H]([C@@H]2C=C(c3ccc(-c4ccc(N5C[C@H](Cn6ccnn6)OC5=O)cc4F)cn3)NO2)O1. The molecule has 3 aliphatic rings. The molecule has 0 spiro atoms. The minimum Gasteiger partial charge on any atom is -0.442 e. The van der Waals surface area contributed by atoms with Gasteiger partial charge >= 0.3 is 6.09 Å². The number of pyridine rings is 1. The van der Waals surface area contributed by atoms with Crippen LogP contribution in [0.15, 0.2) is 55.0 Å². The molecule has 6 rings (SSSR count). The number of nitrogens with one attached hydrogen (secondary N) is 1. The maximum absolute atomic E-state index is 15.1. The van der Waals surface area contributed by atoms with E-state index in [9.17, 15) is 4.79 Å². The van der Waals surface area contributed by atoms with Gasteiger partial charge in [-0.15, -0.1) is 5.10 Å². The van der Waals surface area contributed by atoms with Gasteiger partial charge in [0.1, 0.15) is 24.1 Å². The third-order valence-electron chi connectivity index (χ3n) is 6.38. The van der Waals surface area contributed by atoms with Crippen molar-refractivity contribution >= 4 is 17.5 Å². The van der Waals surface area contributed by atoms with E-state index in [4.69, 9.17) is 19.0 Å². The molecule has 37 heavy (non-hydrogen) atoms. The van der Waals surface area contributed by atoms with E-state index < -0.39 is 23.8 Å². The molecule has 5 heterocycles. The van der Waals surface area contributed by atoms with Crippen molar-refractivity contribution in [1.29, 1.82) is 0 Å². The standard InChI is InChI=1S/C25H25FN6O5/c1-25(2)34-14-23(36-25)22-10-21(29-37-22)20-6-3-15(11-27-20)18-5-4-16(9-19(18)26)32-13-17(35-24(32)33)12-31-8-7-28-30-31/h3-11,17,22-23,29H,12-14H2,1-2H3/t17-,22-,23+/m0/s1. The Morgan fingerprint density at radius 1 is 1.24 bits per heavy atom. The highest BCUT2D eigenvalue weighted by molar-refractivity contribution is 5.90. The molecule has 2 saturated heterocycles. The predicted molar refractivity (Wildman–Crippen MR) is 128 cm³/mol. The predicted octanol–water partition coefficient (Wildman–Crippen LogP) is 2.90. The van der Waals surface area contributed by atoms with Crippen molar-refractivity contribution in [2.45, 2.75) is 44.5 Å². The lowest BCUT2D eigenvalue weighted by atomic mass is 10.1. The molecule has 1 amide bonds. The van der Waals surface area contributed by atoms with Crippen molar-refractivity contribution in [3.8, 4) is 11.1 Å². The summed E-state index contributed by atoms with van der Waals surface area (Å²) in [6.07, 6.45) is 5.27. The third-order valence-corrected chi connectivity index (χ3v) is 6.38. The van der Waals surface area contributed by atoms with Gasteiger partial charge in [0.2, 0.25) is 0 Å². The van der Waals surface area contributed by atoms with Crippen LogP contribution in [0, 0.1) is 5.82 Å². The van der Waals surface area contributed by atoms with Crippen LogP contribution in [-0.2, 0) is 25.6 Å². The Morgan fingerprint density at radius 2 is 2.14 bits per heavy atom. The highest BCUT2D eigenvalue weighted by atomic mass is 19.1. The molecule has 3 atom stereocenters. The van der Waals surface area contributed by atoms with Gasteiger partial charge in [0.05, 0.1) is 43.0 Å². The summed E-state index contributed by atoms with van der Waals surface area (Å²) >= 11 is 0. The maximum atomic E-state index is 15.1. The second kappa shape index (κ2) is 9.21. The average molecular weight is 509 g/mol. The summed E-state index contributed by atoms with van der Waals surface area (Å²) in [4.78, 5) is 23.9. The minimum absolute atomic E-state index is 0.224. The summed E-state index contributed by atoms with van der Waals surface area (Å²) < 4.78 is 33.6. The lowest BCUT2D eigenvalue weighted by Gasteiger charge is -2.18. The van der Waals surface area contributed by atoms with E-state index >= 15 is 4.39 Å². The molecule has 0 saturated carbocycles. The Balaban J connectivity index is 1.13. The number of hydrogen-bond donors (Lipinski definition) is 1. The van der Waals surface area contributed by atoms with Gasteiger partial charge in [-0.1, -0.05) is 11.3 Å². The second-order valence-electron chi connectivity index (χ2n) is 9.47. The highest BCUT2D eigenvalue weighted by Crippen LogP contribution is 2.31. The second-order valence-corrected chi connectivity index (χ2v) is 9.47. The number of rotatable bonds is 6. The number of halogens is 1. The number of nitrogens with zero attached hydrogens (tertiary/aromatic N) is 5. The van der Waals surface area contributed by atoms with Gasteiger partial charge in [0, 0.05) is 23.5 Å². The molecule has 2 aromatic heterocycles. The molecule has 3 aliphatic heterocycles. The molecule has 11 nitrogen and oxygen atoms in total. The van der Waals surface area contributed by atoms with Crippen LogP contribution in [0.1, 0.15) is 19.5 Å². The van der Waals surface area contributed by atoms with Crippen LogP contribution < -0.4 is 10.4 Å². The van der Waals surface area contributed by atoms with E-state index in [-0.39, 0.29) is 18.8 Å². The number of cyclic esters (lactones) is 1. The number of hydroxylamine groups is 1. The molecule has 0 radical (unpaired) electrons. The molecule has 1 N–H and O–H groups in total. The quantitative estimate of drug-likeness (QED) is 0.537. The number of benzene rings is 1. The lowest BCUT2D eigenvalue weighted by molar-refractivity contribution is -0.153. The first-order valence-electron chi connectivity index (χ1n) is 11.9. The van der Waals surface area contributed by atoms with Gasteiger partial charge in [0.25, 0.3) is 0 Å². The fourth-order valence-corrected chi connectivity index (χ4v) is 4.55. The largest absolute Gasteiger partial charge is 0.442 e. The van der Waals surface area contributed by atoms with Gasteiger partial charge in [-0.05, 0) is 44.2 Å². The smallest absolute Gasteiger partial charge is 0.414 e. The van der Waals surface area contributed by atoms with Crippen molar-refractivity contribution in [3.05, 3.63) is 66.5 Å². The maximum Gasteiger partial charge on any atom is 0.414 e. The number of carbonyl (C=O) groups is 1. The summed E-state index contributed by atoms with van der Waals surface area (Å²) in [6.45, 7) is 4.81. The van der Waals surface area contributed by atoms with Gasteiger partial charge in [-0.25, -0.2) is 13.9 Å². The molecule has 1 aromatic carbocycles. The van der Waals surface area contributed by atoms with Gasteiger partial charge in [-0.2, -0.15) is 0 Å². The molecule has 0 bridgehead atoms. The molecule has 192 valence electrons. The van der Waals surface area contributed by atoms with Crippen LogP contribution in [0.3, 0.4) is 0 Å². The van der Waals surface area contributed by atoms with E-state index in [1.165, 1.54) is 11.0 Å². The first-order valence-corrected chi connectivity index (χ1v) is 11.9. The van der Waals surface area contributed by atoms with Gasteiger partial charge < -0.3 is 14.2 Å². The highest BCUT2D eigenvalue weighted by Gasteiger charge is 2.39.